The maximum absolute atomic E-state index is 12.1. The molecule has 2 rings (SSSR count). The predicted octanol–water partition coefficient (Wildman–Crippen LogP) is 1.90. The van der Waals surface area contributed by atoms with Gasteiger partial charge in [0.15, 0.2) is 0 Å². The Labute approximate surface area is 109 Å². The van der Waals surface area contributed by atoms with Crippen molar-refractivity contribution in [3.63, 3.8) is 0 Å². The quantitative estimate of drug-likeness (QED) is 0.862. The molecule has 1 aromatic heterocycles. The van der Waals surface area contributed by atoms with Crippen LogP contribution < -0.4 is 5.32 Å². The number of carbonyl (C=O) groups is 1. The van der Waals surface area contributed by atoms with Gasteiger partial charge in [-0.25, -0.2) is 0 Å². The largest absolute Gasteiger partial charge is 0.458 e. The maximum Gasteiger partial charge on any atom is 0.291 e. The molecule has 1 N–H and O–H groups in total. The summed E-state index contributed by atoms with van der Waals surface area (Å²) in [4.78, 5) is 13.9. The Morgan fingerprint density at radius 2 is 2.44 bits per heavy atom. The standard InChI is InChI=1S/C10H13BrN2O2.ClH/c1-7-6-12-3-4-13(7)10(14)9-8(11)2-5-15-9;/h2,5,7,12H,3-4,6H2,1H3;1H/t7-;/m0./s1. The Morgan fingerprint density at radius 3 is 3.00 bits per heavy atom. The second kappa shape index (κ2) is 5.70. The van der Waals surface area contributed by atoms with Crippen LogP contribution in [0.5, 0.6) is 0 Å². The normalized spacial score (nSPS) is 20.4. The molecule has 0 bridgehead atoms. The Hall–Kier alpha value is -0.520. The predicted molar refractivity (Wildman–Crippen MR) is 67.0 cm³/mol. The van der Waals surface area contributed by atoms with Crippen molar-refractivity contribution in [2.45, 2.75) is 13.0 Å². The summed E-state index contributed by atoms with van der Waals surface area (Å²) < 4.78 is 5.89. The Bertz CT molecular complexity index is 369. The van der Waals surface area contributed by atoms with Gasteiger partial charge in [0.2, 0.25) is 5.76 Å². The van der Waals surface area contributed by atoms with E-state index in [-0.39, 0.29) is 24.4 Å². The van der Waals surface area contributed by atoms with Gasteiger partial charge < -0.3 is 14.6 Å². The Kier molecular flexibility index (Phi) is 4.83. The molecule has 0 saturated carbocycles. The molecule has 6 heteroatoms. The van der Waals surface area contributed by atoms with Crippen molar-refractivity contribution >= 4 is 34.2 Å². The number of hydrogen-bond acceptors (Lipinski definition) is 3. The van der Waals surface area contributed by atoms with Gasteiger partial charge in [-0.2, -0.15) is 0 Å². The molecule has 1 aliphatic rings. The second-order valence-corrected chi connectivity index (χ2v) is 4.50. The van der Waals surface area contributed by atoms with E-state index in [2.05, 4.69) is 21.2 Å². The minimum atomic E-state index is -0.0409. The molecule has 0 aliphatic carbocycles. The van der Waals surface area contributed by atoms with Crippen LogP contribution in [-0.2, 0) is 0 Å². The van der Waals surface area contributed by atoms with Gasteiger partial charge in [0, 0.05) is 25.7 Å². The van der Waals surface area contributed by atoms with E-state index in [9.17, 15) is 4.79 Å². The first kappa shape index (κ1) is 13.5. The first-order valence-corrected chi connectivity index (χ1v) is 5.74. The molecular formula is C10H14BrClN2O2. The number of nitrogens with one attached hydrogen (secondary N) is 1. The maximum atomic E-state index is 12.1. The van der Waals surface area contributed by atoms with Gasteiger partial charge in [-0.15, -0.1) is 12.4 Å². The van der Waals surface area contributed by atoms with Crippen LogP contribution in [0.1, 0.15) is 17.5 Å². The molecule has 0 radical (unpaired) electrons. The van der Waals surface area contributed by atoms with Crippen molar-refractivity contribution in [2.75, 3.05) is 19.6 Å². The molecule has 2 heterocycles. The zero-order valence-corrected chi connectivity index (χ0v) is 11.3. The lowest BCUT2D eigenvalue weighted by atomic mass is 10.2. The zero-order chi connectivity index (χ0) is 10.8. The van der Waals surface area contributed by atoms with Gasteiger partial charge in [-0.3, -0.25) is 4.79 Å². The van der Waals surface area contributed by atoms with Crippen LogP contribution in [0, 0.1) is 0 Å². The topological polar surface area (TPSA) is 45.5 Å². The molecule has 0 unspecified atom stereocenters. The van der Waals surface area contributed by atoms with Crippen LogP contribution in [0.3, 0.4) is 0 Å². The SMILES string of the molecule is C[C@H]1CNCCN1C(=O)c1occc1Br.Cl. The average molecular weight is 310 g/mol. The number of piperazine rings is 1. The van der Waals surface area contributed by atoms with Crippen molar-refractivity contribution in [1.82, 2.24) is 10.2 Å². The van der Waals surface area contributed by atoms with Crippen molar-refractivity contribution in [3.05, 3.63) is 22.6 Å². The van der Waals surface area contributed by atoms with Gasteiger partial charge in [0.1, 0.15) is 0 Å². The van der Waals surface area contributed by atoms with Gasteiger partial charge in [0.05, 0.1) is 10.7 Å². The van der Waals surface area contributed by atoms with Crippen LogP contribution in [0.25, 0.3) is 0 Å². The molecule has 4 nitrogen and oxygen atoms in total. The first-order valence-electron chi connectivity index (χ1n) is 4.95. The van der Waals surface area contributed by atoms with Gasteiger partial charge in [-0.1, -0.05) is 0 Å². The monoisotopic (exact) mass is 308 g/mol. The fraction of sp³-hybridized carbons (Fsp3) is 0.500. The molecule has 1 aromatic rings. The summed E-state index contributed by atoms with van der Waals surface area (Å²) in [5.41, 5.74) is 0. The summed E-state index contributed by atoms with van der Waals surface area (Å²) in [5.74, 6) is 0.352. The first-order chi connectivity index (χ1) is 7.20. The molecule has 0 spiro atoms. The summed E-state index contributed by atoms with van der Waals surface area (Å²) in [7, 11) is 0. The molecule has 1 fully saturated rings. The van der Waals surface area contributed by atoms with Gasteiger partial charge in [-0.05, 0) is 28.9 Å². The Balaban J connectivity index is 0.00000128. The minimum Gasteiger partial charge on any atom is -0.458 e. The smallest absolute Gasteiger partial charge is 0.291 e. The number of furan rings is 1. The number of amides is 1. The van der Waals surface area contributed by atoms with E-state index in [1.54, 1.807) is 6.07 Å². The number of halogens is 2. The summed E-state index contributed by atoms with van der Waals surface area (Å²) >= 11 is 3.30. The molecule has 90 valence electrons. The highest BCUT2D eigenvalue weighted by molar-refractivity contribution is 9.10. The summed E-state index contributed by atoms with van der Waals surface area (Å²) in [6.07, 6.45) is 1.52. The molecule has 0 aromatic carbocycles. The zero-order valence-electron chi connectivity index (χ0n) is 8.90. The summed E-state index contributed by atoms with van der Waals surface area (Å²) in [6, 6.07) is 1.95. The number of carbonyl (C=O) groups excluding carboxylic acids is 1. The third-order valence-corrected chi connectivity index (χ3v) is 3.20. The van der Waals surface area contributed by atoms with E-state index < -0.39 is 0 Å². The fourth-order valence-corrected chi connectivity index (χ4v) is 2.09. The third-order valence-electron chi connectivity index (χ3n) is 2.57. The second-order valence-electron chi connectivity index (χ2n) is 3.65. The van der Waals surface area contributed by atoms with Crippen LogP contribution in [0.4, 0.5) is 0 Å². The average Bonchev–Trinajstić information content (AvgIpc) is 2.64. The molecule has 1 aliphatic heterocycles. The van der Waals surface area contributed by atoms with Gasteiger partial charge in [0.25, 0.3) is 5.91 Å². The van der Waals surface area contributed by atoms with Crippen LogP contribution in [0.15, 0.2) is 21.2 Å². The highest BCUT2D eigenvalue weighted by Crippen LogP contribution is 2.20. The number of hydrogen-bond donors (Lipinski definition) is 1. The van der Waals surface area contributed by atoms with Crippen LogP contribution >= 0.6 is 28.3 Å². The highest BCUT2D eigenvalue weighted by Gasteiger charge is 2.27. The van der Waals surface area contributed by atoms with E-state index >= 15 is 0 Å². The third kappa shape index (κ3) is 2.59. The lowest BCUT2D eigenvalue weighted by Crippen LogP contribution is -2.52. The lowest BCUT2D eigenvalue weighted by Gasteiger charge is -2.33. The van der Waals surface area contributed by atoms with Crippen molar-refractivity contribution in [3.8, 4) is 0 Å². The van der Waals surface area contributed by atoms with Crippen molar-refractivity contribution in [2.24, 2.45) is 0 Å². The fourth-order valence-electron chi connectivity index (χ4n) is 1.72. The summed E-state index contributed by atoms with van der Waals surface area (Å²) in [6.45, 7) is 4.44. The summed E-state index contributed by atoms with van der Waals surface area (Å²) in [5, 5.41) is 3.24. The molecule has 1 atom stereocenters. The van der Waals surface area contributed by atoms with E-state index in [1.165, 1.54) is 6.26 Å². The molecule has 16 heavy (non-hydrogen) atoms. The van der Waals surface area contributed by atoms with E-state index in [0.717, 1.165) is 24.1 Å². The van der Waals surface area contributed by atoms with Gasteiger partial charge >= 0.3 is 0 Å². The van der Waals surface area contributed by atoms with Crippen molar-refractivity contribution < 1.29 is 9.21 Å². The van der Waals surface area contributed by atoms with Crippen LogP contribution in [-0.4, -0.2) is 36.5 Å². The lowest BCUT2D eigenvalue weighted by molar-refractivity contribution is 0.0622. The van der Waals surface area contributed by atoms with E-state index in [1.807, 2.05) is 11.8 Å². The van der Waals surface area contributed by atoms with Crippen LogP contribution in [0.2, 0.25) is 0 Å². The highest BCUT2D eigenvalue weighted by atomic mass is 79.9. The molecule has 1 saturated heterocycles. The Morgan fingerprint density at radius 1 is 1.69 bits per heavy atom. The van der Waals surface area contributed by atoms with E-state index in [4.69, 9.17) is 4.42 Å². The minimum absolute atomic E-state index is 0. The molecule has 1 amide bonds. The number of rotatable bonds is 1. The molecular weight excluding hydrogens is 295 g/mol. The van der Waals surface area contributed by atoms with E-state index in [0.29, 0.717) is 5.76 Å². The number of nitrogens with zero attached hydrogens (tertiary/aromatic N) is 1. The van der Waals surface area contributed by atoms with Crippen molar-refractivity contribution in [1.29, 1.82) is 0 Å².